The van der Waals surface area contributed by atoms with Crippen LogP contribution in [0.2, 0.25) is 0 Å². The van der Waals surface area contributed by atoms with Gasteiger partial charge in [-0.3, -0.25) is 4.79 Å². The molecular weight excluding hydrogens is 507 g/mol. The number of benzene rings is 2. The van der Waals surface area contributed by atoms with Gasteiger partial charge in [-0.2, -0.15) is 17.5 Å². The number of hydrogen-bond acceptors (Lipinski definition) is 6. The molecule has 192 valence electrons. The molecule has 1 saturated heterocycles. The fourth-order valence-electron chi connectivity index (χ4n) is 4.47. The van der Waals surface area contributed by atoms with E-state index in [-0.39, 0.29) is 29.7 Å². The number of hydrogen-bond donors (Lipinski definition) is 0. The molecule has 1 fully saturated rings. The van der Waals surface area contributed by atoms with E-state index >= 15 is 0 Å². The van der Waals surface area contributed by atoms with E-state index in [1.165, 1.54) is 10.4 Å². The van der Waals surface area contributed by atoms with Gasteiger partial charge in [0.15, 0.2) is 11.6 Å². The third kappa shape index (κ3) is 5.14. The van der Waals surface area contributed by atoms with Crippen LogP contribution in [0.15, 0.2) is 76.5 Å². The highest BCUT2D eigenvalue weighted by Crippen LogP contribution is 2.31. The standard InChI is InChI=1S/C26H22F3N3O4S/c27-26(28,29)20-15-30-25(31-16-20)19-7-3-5-17(13-19)10-11-22(33)21-8-4-12-32(21)37(34,35)24-14-18-6-1-2-9-23(18)36-24/h1-3,5-7,9,13-16,21H,4,8,10-12H2/t21-/m0/s1. The van der Waals surface area contributed by atoms with E-state index in [4.69, 9.17) is 4.42 Å². The maximum absolute atomic E-state index is 13.3. The molecule has 0 spiro atoms. The van der Waals surface area contributed by atoms with Crippen LogP contribution in [0, 0.1) is 0 Å². The van der Waals surface area contributed by atoms with Crippen molar-refractivity contribution >= 4 is 26.8 Å². The molecule has 0 bridgehead atoms. The van der Waals surface area contributed by atoms with Gasteiger partial charge in [-0.05, 0) is 37.0 Å². The van der Waals surface area contributed by atoms with E-state index < -0.39 is 27.8 Å². The fraction of sp³-hybridized carbons (Fsp3) is 0.269. The van der Waals surface area contributed by atoms with Gasteiger partial charge < -0.3 is 4.42 Å². The van der Waals surface area contributed by atoms with Crippen LogP contribution < -0.4 is 0 Å². The van der Waals surface area contributed by atoms with Gasteiger partial charge >= 0.3 is 6.18 Å². The van der Waals surface area contributed by atoms with Crippen molar-refractivity contribution in [1.82, 2.24) is 14.3 Å². The van der Waals surface area contributed by atoms with Crippen LogP contribution in [0.4, 0.5) is 13.2 Å². The molecule has 11 heteroatoms. The summed E-state index contributed by atoms with van der Waals surface area (Å²) in [4.78, 5) is 20.7. The fourth-order valence-corrected chi connectivity index (χ4v) is 6.10. The molecule has 0 unspecified atom stereocenters. The van der Waals surface area contributed by atoms with E-state index in [1.807, 2.05) is 0 Å². The lowest BCUT2D eigenvalue weighted by Crippen LogP contribution is -2.40. The third-order valence-corrected chi connectivity index (χ3v) is 8.13. The first kappa shape index (κ1) is 25.1. The Morgan fingerprint density at radius 3 is 2.54 bits per heavy atom. The van der Waals surface area contributed by atoms with Crippen molar-refractivity contribution in [3.8, 4) is 11.4 Å². The van der Waals surface area contributed by atoms with Crippen LogP contribution in [-0.2, 0) is 27.4 Å². The zero-order valence-corrected chi connectivity index (χ0v) is 20.3. The predicted octanol–water partition coefficient (Wildman–Crippen LogP) is 5.26. The van der Waals surface area contributed by atoms with Crippen LogP contribution >= 0.6 is 0 Å². The van der Waals surface area contributed by atoms with Crippen molar-refractivity contribution in [1.29, 1.82) is 0 Å². The number of para-hydroxylation sites is 1. The molecule has 2 aromatic heterocycles. The highest BCUT2D eigenvalue weighted by molar-refractivity contribution is 7.89. The smallest absolute Gasteiger partial charge is 0.419 e. The molecule has 1 aliphatic rings. The zero-order valence-electron chi connectivity index (χ0n) is 19.5. The number of rotatable bonds is 7. The van der Waals surface area contributed by atoms with Crippen molar-refractivity contribution in [2.75, 3.05) is 6.54 Å². The second-order valence-electron chi connectivity index (χ2n) is 8.84. The normalized spacial score (nSPS) is 16.9. The van der Waals surface area contributed by atoms with Crippen molar-refractivity contribution in [3.63, 3.8) is 0 Å². The zero-order chi connectivity index (χ0) is 26.2. The average molecular weight is 530 g/mol. The molecule has 37 heavy (non-hydrogen) atoms. The van der Waals surface area contributed by atoms with E-state index in [9.17, 15) is 26.4 Å². The largest absolute Gasteiger partial charge is 0.443 e. The minimum atomic E-state index is -4.52. The van der Waals surface area contributed by atoms with Gasteiger partial charge in [-0.25, -0.2) is 18.4 Å². The summed E-state index contributed by atoms with van der Waals surface area (Å²) in [7, 11) is -3.99. The number of halogens is 3. The van der Waals surface area contributed by atoms with Crippen molar-refractivity contribution in [3.05, 3.63) is 78.1 Å². The summed E-state index contributed by atoms with van der Waals surface area (Å²) in [5.74, 6) is -0.0616. The Kier molecular flexibility index (Phi) is 6.59. The summed E-state index contributed by atoms with van der Waals surface area (Å²) in [6.07, 6.45) is -1.62. The second-order valence-corrected chi connectivity index (χ2v) is 10.7. The van der Waals surface area contributed by atoms with Crippen LogP contribution in [0.25, 0.3) is 22.4 Å². The van der Waals surface area contributed by atoms with Crippen LogP contribution in [0.1, 0.15) is 30.4 Å². The van der Waals surface area contributed by atoms with Gasteiger partial charge in [-0.1, -0.05) is 36.4 Å². The number of fused-ring (bicyclic) bond motifs is 1. The van der Waals surface area contributed by atoms with Gasteiger partial charge in [0.2, 0.25) is 5.09 Å². The van der Waals surface area contributed by atoms with Gasteiger partial charge in [0.25, 0.3) is 10.0 Å². The predicted molar refractivity (Wildman–Crippen MR) is 129 cm³/mol. The Hall–Kier alpha value is -3.57. The van der Waals surface area contributed by atoms with Gasteiger partial charge in [0.1, 0.15) is 5.58 Å². The Bertz CT molecular complexity index is 1520. The van der Waals surface area contributed by atoms with E-state index in [0.717, 1.165) is 18.0 Å². The SMILES string of the molecule is O=C(CCc1cccc(-c2ncc(C(F)(F)F)cn2)c1)[C@@H]1CCCN1S(=O)(=O)c1cc2ccccc2o1. The molecule has 5 rings (SSSR count). The number of furan rings is 1. The molecule has 0 radical (unpaired) electrons. The molecule has 0 aliphatic carbocycles. The number of nitrogens with zero attached hydrogens (tertiary/aromatic N) is 3. The molecule has 0 N–H and O–H groups in total. The lowest BCUT2D eigenvalue weighted by atomic mass is 10.0. The van der Waals surface area contributed by atoms with Crippen LogP contribution in [0.5, 0.6) is 0 Å². The molecule has 0 amide bonds. The molecule has 2 aromatic carbocycles. The second kappa shape index (κ2) is 9.71. The molecule has 1 atom stereocenters. The number of alkyl halides is 3. The lowest BCUT2D eigenvalue weighted by Gasteiger charge is -2.21. The maximum atomic E-state index is 13.3. The van der Waals surface area contributed by atoms with Crippen molar-refractivity contribution in [2.24, 2.45) is 0 Å². The summed E-state index contributed by atoms with van der Waals surface area (Å²) in [6.45, 7) is 0.233. The summed E-state index contributed by atoms with van der Waals surface area (Å²) < 4.78 is 71.7. The number of ketones is 1. The average Bonchev–Trinajstić information content (AvgIpc) is 3.55. The number of aryl methyl sites for hydroxylation is 1. The van der Waals surface area contributed by atoms with Gasteiger partial charge in [0.05, 0.1) is 11.6 Å². The van der Waals surface area contributed by atoms with Gasteiger partial charge in [0, 0.05) is 42.4 Å². The number of sulfonamides is 1. The molecule has 0 saturated carbocycles. The maximum Gasteiger partial charge on any atom is 0.419 e. The van der Waals surface area contributed by atoms with E-state index in [1.54, 1.807) is 48.5 Å². The molecule has 1 aliphatic heterocycles. The number of Topliss-reactive ketones (excluding diaryl/α,β-unsaturated/α-hetero) is 1. The highest BCUT2D eigenvalue weighted by atomic mass is 32.2. The molecule has 7 nitrogen and oxygen atoms in total. The topological polar surface area (TPSA) is 93.4 Å². The molecule has 3 heterocycles. The van der Waals surface area contributed by atoms with Crippen molar-refractivity contribution < 1.29 is 30.8 Å². The Morgan fingerprint density at radius 1 is 1.05 bits per heavy atom. The molecular formula is C26H22F3N3O4S. The van der Waals surface area contributed by atoms with Crippen LogP contribution in [-0.4, -0.2) is 41.1 Å². The monoisotopic (exact) mass is 529 g/mol. The first-order valence-corrected chi connectivity index (χ1v) is 13.1. The van der Waals surface area contributed by atoms with Gasteiger partial charge in [-0.15, -0.1) is 0 Å². The van der Waals surface area contributed by atoms with E-state index in [0.29, 0.717) is 35.8 Å². The number of carbonyl (C=O) groups is 1. The van der Waals surface area contributed by atoms with Crippen molar-refractivity contribution in [2.45, 2.75) is 43.0 Å². The minimum Gasteiger partial charge on any atom is -0.443 e. The Balaban J connectivity index is 1.28. The third-order valence-electron chi connectivity index (χ3n) is 6.37. The minimum absolute atomic E-state index is 0.105. The summed E-state index contributed by atoms with van der Waals surface area (Å²) >= 11 is 0. The Labute approximate surface area is 211 Å². The highest BCUT2D eigenvalue weighted by Gasteiger charge is 2.40. The van der Waals surface area contributed by atoms with E-state index in [2.05, 4.69) is 9.97 Å². The summed E-state index contributed by atoms with van der Waals surface area (Å²) in [5.41, 5.74) is 0.810. The lowest BCUT2D eigenvalue weighted by molar-refractivity contribution is -0.138. The first-order chi connectivity index (χ1) is 17.6. The first-order valence-electron chi connectivity index (χ1n) is 11.6. The summed E-state index contributed by atoms with van der Waals surface area (Å²) in [6, 6.07) is 14.6. The van der Waals surface area contributed by atoms with Crippen LogP contribution in [0.3, 0.4) is 0 Å². The number of carbonyl (C=O) groups excluding carboxylic acids is 1. The Morgan fingerprint density at radius 2 is 1.81 bits per heavy atom. The summed E-state index contributed by atoms with van der Waals surface area (Å²) in [5, 5.41) is 0.484. The number of aromatic nitrogens is 2. The quantitative estimate of drug-likeness (QED) is 0.324. The molecule has 4 aromatic rings.